The van der Waals surface area contributed by atoms with Gasteiger partial charge < -0.3 is 15.3 Å². The number of amides is 1. The van der Waals surface area contributed by atoms with Crippen LogP contribution in [0.2, 0.25) is 0 Å². The van der Waals surface area contributed by atoms with Crippen molar-refractivity contribution in [3.8, 4) is 11.1 Å². The molecule has 0 unspecified atom stereocenters. The molecular weight excluding hydrogens is 350 g/mol. The Hall–Kier alpha value is -2.24. The van der Waals surface area contributed by atoms with Crippen molar-refractivity contribution in [2.45, 2.75) is 56.7 Å². The minimum Gasteiger partial charge on any atom is -0.395 e. The average Bonchev–Trinajstić information content (AvgIpc) is 3.23. The number of aromatic nitrogens is 1. The molecule has 1 aromatic carbocycles. The number of hydrogen-bond donors (Lipinski definition) is 2. The molecule has 1 aromatic heterocycles. The maximum atomic E-state index is 12.2. The number of pyridine rings is 1. The Morgan fingerprint density at radius 2 is 1.89 bits per heavy atom. The van der Waals surface area contributed by atoms with Crippen molar-refractivity contribution >= 4 is 5.91 Å². The number of nitrogens with one attached hydrogen (secondary N) is 1. The highest BCUT2D eigenvalue weighted by Crippen LogP contribution is 2.35. The molecule has 1 aliphatic heterocycles. The Morgan fingerprint density at radius 1 is 1.14 bits per heavy atom. The molecule has 1 amide bonds. The van der Waals surface area contributed by atoms with Crippen LogP contribution in [-0.4, -0.2) is 52.2 Å². The van der Waals surface area contributed by atoms with E-state index in [-0.39, 0.29) is 30.5 Å². The molecule has 1 aliphatic carbocycles. The third-order valence-electron chi connectivity index (χ3n) is 6.35. The van der Waals surface area contributed by atoms with Gasteiger partial charge in [0.1, 0.15) is 0 Å². The molecule has 5 nitrogen and oxygen atoms in total. The van der Waals surface area contributed by atoms with Gasteiger partial charge in [-0.1, -0.05) is 43.2 Å². The van der Waals surface area contributed by atoms with Crippen LogP contribution < -0.4 is 5.32 Å². The molecule has 2 aromatic rings. The molecule has 1 saturated carbocycles. The van der Waals surface area contributed by atoms with Gasteiger partial charge >= 0.3 is 0 Å². The summed E-state index contributed by atoms with van der Waals surface area (Å²) >= 11 is 0. The summed E-state index contributed by atoms with van der Waals surface area (Å²) in [7, 11) is 0. The first kappa shape index (κ1) is 19.1. The van der Waals surface area contributed by atoms with Gasteiger partial charge in [0.2, 0.25) is 5.91 Å². The lowest BCUT2D eigenvalue weighted by atomic mass is 9.77. The second-order valence-electron chi connectivity index (χ2n) is 8.06. The van der Waals surface area contributed by atoms with E-state index in [2.05, 4.69) is 45.5 Å². The molecule has 5 heteroatoms. The minimum absolute atomic E-state index is 0.0478. The van der Waals surface area contributed by atoms with E-state index in [1.54, 1.807) is 13.1 Å². The summed E-state index contributed by atoms with van der Waals surface area (Å²) < 4.78 is 0. The normalized spacial score (nSPS) is 24.7. The van der Waals surface area contributed by atoms with Gasteiger partial charge in [-0.2, -0.15) is 0 Å². The van der Waals surface area contributed by atoms with Crippen LogP contribution in [0.25, 0.3) is 11.1 Å². The monoisotopic (exact) mass is 379 g/mol. The van der Waals surface area contributed by atoms with Crippen LogP contribution in [0.1, 0.15) is 44.1 Å². The molecule has 0 bridgehead atoms. The summed E-state index contributed by atoms with van der Waals surface area (Å²) in [4.78, 5) is 18.5. The summed E-state index contributed by atoms with van der Waals surface area (Å²) in [5, 5.41) is 13.3. The fraction of sp³-hybridized carbons (Fsp3) is 0.478. The Kier molecular flexibility index (Phi) is 5.74. The first-order valence-electron chi connectivity index (χ1n) is 10.3. The van der Waals surface area contributed by atoms with Gasteiger partial charge in [-0.3, -0.25) is 9.78 Å². The smallest absolute Gasteiger partial charge is 0.219 e. The molecule has 28 heavy (non-hydrogen) atoms. The SMILES string of the molecule is CC(=O)N(C[C@H]1N[C@H](CO)[C@@H]1c1ccc(-c2cccnc2)cc1)C1CCCC1. The van der Waals surface area contributed by atoms with E-state index in [4.69, 9.17) is 0 Å². The zero-order valence-corrected chi connectivity index (χ0v) is 16.4. The molecule has 2 N–H and O–H groups in total. The third kappa shape index (κ3) is 3.82. The van der Waals surface area contributed by atoms with Crippen molar-refractivity contribution in [1.82, 2.24) is 15.2 Å². The van der Waals surface area contributed by atoms with Crippen LogP contribution >= 0.6 is 0 Å². The van der Waals surface area contributed by atoms with Gasteiger partial charge in [0, 0.05) is 49.9 Å². The lowest BCUT2D eigenvalue weighted by molar-refractivity contribution is -0.132. The van der Waals surface area contributed by atoms with E-state index in [1.165, 1.54) is 18.4 Å². The van der Waals surface area contributed by atoms with E-state index in [0.717, 1.165) is 24.0 Å². The molecule has 2 fully saturated rings. The quantitative estimate of drug-likeness (QED) is 0.810. The highest BCUT2D eigenvalue weighted by atomic mass is 16.3. The number of carbonyl (C=O) groups excluding carboxylic acids is 1. The molecule has 3 atom stereocenters. The largest absolute Gasteiger partial charge is 0.395 e. The Labute approximate surface area is 166 Å². The van der Waals surface area contributed by atoms with Crippen molar-refractivity contribution in [3.05, 3.63) is 54.4 Å². The highest BCUT2D eigenvalue weighted by molar-refractivity contribution is 5.73. The van der Waals surface area contributed by atoms with E-state index >= 15 is 0 Å². The van der Waals surface area contributed by atoms with Gasteiger partial charge in [-0.25, -0.2) is 0 Å². The lowest BCUT2D eigenvalue weighted by Crippen LogP contribution is -2.65. The maximum Gasteiger partial charge on any atom is 0.219 e. The number of aliphatic hydroxyl groups is 1. The first-order chi connectivity index (χ1) is 13.7. The zero-order chi connectivity index (χ0) is 19.5. The van der Waals surface area contributed by atoms with Crippen molar-refractivity contribution < 1.29 is 9.90 Å². The fourth-order valence-corrected chi connectivity index (χ4v) is 4.84. The second kappa shape index (κ2) is 8.41. The van der Waals surface area contributed by atoms with Gasteiger partial charge in [-0.05, 0) is 35.6 Å². The van der Waals surface area contributed by atoms with Crippen LogP contribution in [0.3, 0.4) is 0 Å². The average molecular weight is 380 g/mol. The maximum absolute atomic E-state index is 12.2. The Balaban J connectivity index is 1.50. The summed E-state index contributed by atoms with van der Waals surface area (Å²) in [5.41, 5.74) is 3.45. The number of benzene rings is 1. The highest BCUT2D eigenvalue weighted by Gasteiger charge is 2.43. The van der Waals surface area contributed by atoms with Gasteiger partial charge in [0.25, 0.3) is 0 Å². The Morgan fingerprint density at radius 3 is 2.50 bits per heavy atom. The zero-order valence-electron chi connectivity index (χ0n) is 16.4. The standard InChI is InChI=1S/C23H29N3O2/c1-16(28)26(20-6-2-3-7-20)14-21-23(22(15-27)25-21)18-10-8-17(9-11-18)19-5-4-12-24-13-19/h4-5,8-13,20-23,25,27H,2-3,6-7,14-15H2,1H3/t21-,22-,23-/m1/s1. The summed E-state index contributed by atoms with van der Waals surface area (Å²) in [6, 6.07) is 13.1. The van der Waals surface area contributed by atoms with Gasteiger partial charge in [0.15, 0.2) is 0 Å². The molecule has 0 radical (unpaired) electrons. The predicted molar refractivity (Wildman–Crippen MR) is 110 cm³/mol. The number of aliphatic hydroxyl groups excluding tert-OH is 1. The van der Waals surface area contributed by atoms with E-state index in [0.29, 0.717) is 12.6 Å². The first-order valence-corrected chi connectivity index (χ1v) is 10.3. The second-order valence-corrected chi connectivity index (χ2v) is 8.06. The molecule has 2 heterocycles. The van der Waals surface area contributed by atoms with Crippen LogP contribution in [-0.2, 0) is 4.79 Å². The third-order valence-corrected chi connectivity index (χ3v) is 6.35. The molecule has 0 spiro atoms. The number of hydrogen-bond acceptors (Lipinski definition) is 4. The number of nitrogens with zero attached hydrogens (tertiary/aromatic N) is 2. The Bertz CT molecular complexity index is 787. The predicted octanol–water partition coefficient (Wildman–Crippen LogP) is 2.96. The van der Waals surface area contributed by atoms with Gasteiger partial charge in [0.05, 0.1) is 6.61 Å². The van der Waals surface area contributed by atoms with E-state index in [1.807, 2.05) is 12.3 Å². The van der Waals surface area contributed by atoms with Crippen LogP contribution in [0.4, 0.5) is 0 Å². The number of rotatable bonds is 6. The lowest BCUT2D eigenvalue weighted by Gasteiger charge is -2.48. The van der Waals surface area contributed by atoms with Crippen molar-refractivity contribution in [3.63, 3.8) is 0 Å². The summed E-state index contributed by atoms with van der Waals surface area (Å²) in [5.74, 6) is 0.378. The molecular formula is C23H29N3O2. The molecule has 4 rings (SSSR count). The molecule has 1 saturated heterocycles. The van der Waals surface area contributed by atoms with E-state index < -0.39 is 0 Å². The summed E-state index contributed by atoms with van der Waals surface area (Å²) in [6.45, 7) is 2.50. The van der Waals surface area contributed by atoms with Crippen LogP contribution in [0, 0.1) is 0 Å². The van der Waals surface area contributed by atoms with Gasteiger partial charge in [-0.15, -0.1) is 0 Å². The fourth-order valence-electron chi connectivity index (χ4n) is 4.84. The van der Waals surface area contributed by atoms with Crippen LogP contribution in [0.15, 0.2) is 48.8 Å². The molecule has 2 aliphatic rings. The van der Waals surface area contributed by atoms with Crippen molar-refractivity contribution in [2.24, 2.45) is 0 Å². The topological polar surface area (TPSA) is 65.5 Å². The van der Waals surface area contributed by atoms with Crippen molar-refractivity contribution in [2.75, 3.05) is 13.2 Å². The number of carbonyl (C=O) groups is 1. The molecule has 148 valence electrons. The van der Waals surface area contributed by atoms with Crippen molar-refractivity contribution in [1.29, 1.82) is 0 Å². The van der Waals surface area contributed by atoms with Crippen LogP contribution in [0.5, 0.6) is 0 Å². The van der Waals surface area contributed by atoms with E-state index in [9.17, 15) is 9.90 Å². The summed E-state index contributed by atoms with van der Waals surface area (Å²) in [6.07, 6.45) is 8.29. The minimum atomic E-state index is 0.0478.